The van der Waals surface area contributed by atoms with E-state index in [0.717, 1.165) is 16.7 Å². The zero-order valence-electron chi connectivity index (χ0n) is 8.75. The van der Waals surface area contributed by atoms with E-state index in [4.69, 9.17) is 40.5 Å². The monoisotopic (exact) mass is 286 g/mol. The molecule has 0 aliphatic rings. The number of nitrogens with two attached hydrogens (primary N) is 1. The lowest BCUT2D eigenvalue weighted by molar-refractivity contribution is 1.05. The van der Waals surface area contributed by atoms with Gasteiger partial charge in [0.1, 0.15) is 5.15 Å². The number of nitrogens with zero attached hydrogens (tertiary/aromatic N) is 1. The van der Waals surface area contributed by atoms with Gasteiger partial charge in [0, 0.05) is 28.4 Å². The first-order valence-corrected chi connectivity index (χ1v) is 6.05. The lowest BCUT2D eigenvalue weighted by Gasteiger charge is -2.10. The quantitative estimate of drug-likeness (QED) is 0.842. The maximum atomic E-state index is 6.16. The minimum atomic E-state index is 0.373. The molecule has 2 N–H and O–H groups in total. The molecule has 0 bridgehead atoms. The second-order valence-electron chi connectivity index (χ2n) is 3.49. The van der Waals surface area contributed by atoms with E-state index in [1.807, 2.05) is 6.07 Å². The Labute approximate surface area is 114 Å². The maximum Gasteiger partial charge on any atom is 0.129 e. The molecule has 0 fully saturated rings. The molecule has 0 atom stereocenters. The van der Waals surface area contributed by atoms with Crippen LogP contribution in [0.25, 0.3) is 11.1 Å². The highest BCUT2D eigenvalue weighted by Gasteiger charge is 2.09. The molecular weight excluding hydrogens is 279 g/mol. The highest BCUT2D eigenvalue weighted by atomic mass is 35.5. The third-order valence-electron chi connectivity index (χ3n) is 2.39. The van der Waals surface area contributed by atoms with Gasteiger partial charge in [-0.15, -0.1) is 0 Å². The van der Waals surface area contributed by atoms with Crippen LogP contribution in [0.1, 0.15) is 5.56 Å². The zero-order valence-corrected chi connectivity index (χ0v) is 11.0. The van der Waals surface area contributed by atoms with Crippen LogP contribution in [-0.2, 0) is 6.54 Å². The molecule has 1 aromatic carbocycles. The molecule has 0 aliphatic heterocycles. The van der Waals surface area contributed by atoms with Crippen molar-refractivity contribution in [1.29, 1.82) is 0 Å². The van der Waals surface area contributed by atoms with E-state index < -0.39 is 0 Å². The van der Waals surface area contributed by atoms with Crippen LogP contribution in [0, 0.1) is 0 Å². The smallest absolute Gasteiger partial charge is 0.129 e. The summed E-state index contributed by atoms with van der Waals surface area (Å²) in [6.45, 7) is 0.373. The van der Waals surface area contributed by atoms with Crippen LogP contribution in [0.15, 0.2) is 30.5 Å². The second-order valence-corrected chi connectivity index (χ2v) is 4.72. The number of halogens is 3. The molecule has 17 heavy (non-hydrogen) atoms. The van der Waals surface area contributed by atoms with Crippen molar-refractivity contribution in [1.82, 2.24) is 4.98 Å². The fraction of sp³-hybridized carbons (Fsp3) is 0.0833. The van der Waals surface area contributed by atoms with Gasteiger partial charge < -0.3 is 5.73 Å². The summed E-state index contributed by atoms with van der Waals surface area (Å²) in [5.41, 5.74) is 8.28. The molecule has 0 spiro atoms. The lowest BCUT2D eigenvalue weighted by Crippen LogP contribution is -2.00. The van der Waals surface area contributed by atoms with Crippen molar-refractivity contribution in [3.8, 4) is 11.1 Å². The van der Waals surface area contributed by atoms with Crippen molar-refractivity contribution in [2.24, 2.45) is 5.73 Å². The van der Waals surface area contributed by atoms with E-state index >= 15 is 0 Å². The second kappa shape index (κ2) is 5.23. The van der Waals surface area contributed by atoms with Crippen molar-refractivity contribution in [3.63, 3.8) is 0 Å². The van der Waals surface area contributed by atoms with Gasteiger partial charge in [0.15, 0.2) is 0 Å². The Balaban J connectivity index is 2.62. The topological polar surface area (TPSA) is 38.9 Å². The lowest BCUT2D eigenvalue weighted by atomic mass is 10.0. The molecule has 0 unspecified atom stereocenters. The summed E-state index contributed by atoms with van der Waals surface area (Å²) in [7, 11) is 0. The maximum absolute atomic E-state index is 6.16. The molecular formula is C12H9Cl3N2. The van der Waals surface area contributed by atoms with Gasteiger partial charge in [0.2, 0.25) is 0 Å². The first-order valence-electron chi connectivity index (χ1n) is 4.91. The first kappa shape index (κ1) is 12.7. The third-order valence-corrected chi connectivity index (χ3v) is 3.15. The molecule has 0 saturated carbocycles. The van der Waals surface area contributed by atoms with Gasteiger partial charge in [-0.1, -0.05) is 40.9 Å². The highest BCUT2D eigenvalue weighted by Crippen LogP contribution is 2.33. The van der Waals surface area contributed by atoms with E-state index in [1.54, 1.807) is 24.4 Å². The first-order chi connectivity index (χ1) is 8.11. The molecule has 1 aromatic heterocycles. The van der Waals surface area contributed by atoms with E-state index in [0.29, 0.717) is 21.7 Å². The number of hydrogen-bond acceptors (Lipinski definition) is 2. The number of hydrogen-bond donors (Lipinski definition) is 1. The largest absolute Gasteiger partial charge is 0.326 e. The summed E-state index contributed by atoms with van der Waals surface area (Å²) in [5, 5.41) is 1.56. The number of rotatable bonds is 2. The van der Waals surface area contributed by atoms with Crippen molar-refractivity contribution in [2.45, 2.75) is 6.54 Å². The Hall–Kier alpha value is -0.800. The van der Waals surface area contributed by atoms with Crippen molar-refractivity contribution >= 4 is 34.8 Å². The van der Waals surface area contributed by atoms with Gasteiger partial charge >= 0.3 is 0 Å². The Morgan fingerprint density at radius 1 is 1.06 bits per heavy atom. The summed E-state index contributed by atoms with van der Waals surface area (Å²) < 4.78 is 0. The molecule has 5 heteroatoms. The minimum Gasteiger partial charge on any atom is -0.326 e. The average Bonchev–Trinajstić information content (AvgIpc) is 2.29. The predicted molar refractivity (Wildman–Crippen MR) is 72.6 cm³/mol. The normalized spacial score (nSPS) is 10.6. The molecule has 2 aromatic rings. The highest BCUT2D eigenvalue weighted by molar-refractivity contribution is 6.36. The predicted octanol–water partition coefficient (Wildman–Crippen LogP) is 4.17. The summed E-state index contributed by atoms with van der Waals surface area (Å²) in [6.07, 6.45) is 1.66. The molecule has 0 amide bonds. The van der Waals surface area contributed by atoms with E-state index in [9.17, 15) is 0 Å². The van der Waals surface area contributed by atoms with Crippen LogP contribution in [-0.4, -0.2) is 4.98 Å². The summed E-state index contributed by atoms with van der Waals surface area (Å²) in [6, 6.07) is 7.05. The number of pyridine rings is 1. The summed E-state index contributed by atoms with van der Waals surface area (Å²) >= 11 is 17.9. The fourth-order valence-corrected chi connectivity index (χ4v) is 2.25. The third kappa shape index (κ3) is 2.72. The average molecular weight is 288 g/mol. The van der Waals surface area contributed by atoms with Gasteiger partial charge in [-0.25, -0.2) is 4.98 Å². The van der Waals surface area contributed by atoms with Crippen molar-refractivity contribution < 1.29 is 0 Å². The zero-order chi connectivity index (χ0) is 12.4. The van der Waals surface area contributed by atoms with Gasteiger partial charge in [-0.05, 0) is 29.3 Å². The number of aromatic nitrogens is 1. The van der Waals surface area contributed by atoms with Gasteiger partial charge in [0.25, 0.3) is 0 Å². The molecule has 1 heterocycles. The van der Waals surface area contributed by atoms with Crippen LogP contribution in [0.4, 0.5) is 0 Å². The van der Waals surface area contributed by atoms with Crippen molar-refractivity contribution in [3.05, 3.63) is 51.2 Å². The Morgan fingerprint density at radius 2 is 1.82 bits per heavy atom. The summed E-state index contributed by atoms with van der Waals surface area (Å²) in [5.74, 6) is 0. The Morgan fingerprint density at radius 3 is 2.47 bits per heavy atom. The Kier molecular flexibility index (Phi) is 3.89. The molecule has 2 rings (SSSR count). The molecule has 0 aliphatic carbocycles. The summed E-state index contributed by atoms with van der Waals surface area (Å²) in [4.78, 5) is 4.00. The SMILES string of the molecule is NCc1cnc(Cl)cc1-c1ccc(Cl)cc1Cl. The van der Waals surface area contributed by atoms with E-state index in [1.165, 1.54) is 0 Å². The minimum absolute atomic E-state index is 0.373. The van der Waals surface area contributed by atoms with Crippen LogP contribution in [0.2, 0.25) is 15.2 Å². The van der Waals surface area contributed by atoms with Crippen LogP contribution < -0.4 is 5.73 Å². The fourth-order valence-electron chi connectivity index (χ4n) is 1.58. The molecule has 88 valence electrons. The van der Waals surface area contributed by atoms with Crippen LogP contribution in [0.5, 0.6) is 0 Å². The van der Waals surface area contributed by atoms with Gasteiger partial charge in [0.05, 0.1) is 0 Å². The Bertz CT molecular complexity index is 555. The van der Waals surface area contributed by atoms with Crippen LogP contribution >= 0.6 is 34.8 Å². The van der Waals surface area contributed by atoms with Gasteiger partial charge in [-0.3, -0.25) is 0 Å². The van der Waals surface area contributed by atoms with Crippen molar-refractivity contribution in [2.75, 3.05) is 0 Å². The van der Waals surface area contributed by atoms with E-state index in [2.05, 4.69) is 4.98 Å². The standard InChI is InChI=1S/C12H9Cl3N2/c13-8-1-2-9(11(14)3-8)10-4-12(15)17-6-7(10)5-16/h1-4,6H,5,16H2. The van der Waals surface area contributed by atoms with Crippen LogP contribution in [0.3, 0.4) is 0 Å². The van der Waals surface area contributed by atoms with Gasteiger partial charge in [-0.2, -0.15) is 0 Å². The molecule has 0 saturated heterocycles. The molecule has 2 nitrogen and oxygen atoms in total. The molecule has 0 radical (unpaired) electrons. The van der Waals surface area contributed by atoms with E-state index in [-0.39, 0.29) is 0 Å². The number of benzene rings is 1.